The zero-order valence-electron chi connectivity index (χ0n) is 10.3. The van der Waals surface area contributed by atoms with Gasteiger partial charge in [-0.15, -0.1) is 0 Å². The number of methoxy groups -OCH3 is 1. The first-order valence-corrected chi connectivity index (χ1v) is 5.59. The van der Waals surface area contributed by atoms with Crippen LogP contribution in [0, 0.1) is 6.92 Å². The van der Waals surface area contributed by atoms with Crippen molar-refractivity contribution in [1.82, 2.24) is 9.78 Å². The van der Waals surface area contributed by atoms with E-state index >= 15 is 0 Å². The van der Waals surface area contributed by atoms with Crippen LogP contribution in [0.25, 0.3) is 0 Å². The van der Waals surface area contributed by atoms with Crippen molar-refractivity contribution in [3.8, 4) is 17.4 Å². The number of aryl methyl sites for hydroxylation is 2. The molecule has 4 heteroatoms. The molecule has 0 aliphatic heterocycles. The summed E-state index contributed by atoms with van der Waals surface area (Å²) in [6, 6.07) is 9.42. The second-order valence-electron chi connectivity index (χ2n) is 3.72. The number of ether oxygens (including phenoxy) is 2. The van der Waals surface area contributed by atoms with Crippen molar-refractivity contribution in [2.45, 2.75) is 20.4 Å². The molecule has 17 heavy (non-hydrogen) atoms. The van der Waals surface area contributed by atoms with Crippen molar-refractivity contribution in [2.75, 3.05) is 7.11 Å². The second-order valence-corrected chi connectivity index (χ2v) is 3.72. The van der Waals surface area contributed by atoms with Gasteiger partial charge in [-0.05, 0) is 38.1 Å². The van der Waals surface area contributed by atoms with E-state index in [-0.39, 0.29) is 0 Å². The highest BCUT2D eigenvalue weighted by molar-refractivity contribution is 5.33. The van der Waals surface area contributed by atoms with Crippen LogP contribution in [0.5, 0.6) is 17.4 Å². The summed E-state index contributed by atoms with van der Waals surface area (Å²) in [4.78, 5) is 0. The minimum Gasteiger partial charge on any atom is -0.497 e. The van der Waals surface area contributed by atoms with E-state index in [1.54, 1.807) is 7.11 Å². The third-order valence-corrected chi connectivity index (χ3v) is 2.45. The lowest BCUT2D eigenvalue weighted by atomic mass is 10.3. The number of hydrogen-bond acceptors (Lipinski definition) is 3. The molecule has 0 fully saturated rings. The standard InChI is InChI=1S/C13H16N2O2/c1-4-15-13(9-10(2)14-15)17-12-7-5-11(16-3)6-8-12/h5-9H,4H2,1-3H3. The van der Waals surface area contributed by atoms with Crippen molar-refractivity contribution >= 4 is 0 Å². The van der Waals surface area contributed by atoms with Crippen molar-refractivity contribution in [2.24, 2.45) is 0 Å². The maximum atomic E-state index is 5.77. The fourth-order valence-corrected chi connectivity index (χ4v) is 1.59. The molecule has 0 bridgehead atoms. The number of rotatable bonds is 4. The summed E-state index contributed by atoms with van der Waals surface area (Å²) in [5, 5.41) is 4.33. The van der Waals surface area contributed by atoms with Gasteiger partial charge >= 0.3 is 0 Å². The zero-order chi connectivity index (χ0) is 12.3. The van der Waals surface area contributed by atoms with Gasteiger partial charge in [-0.2, -0.15) is 5.10 Å². The largest absolute Gasteiger partial charge is 0.497 e. The topological polar surface area (TPSA) is 36.3 Å². The van der Waals surface area contributed by atoms with Crippen LogP contribution in [0.2, 0.25) is 0 Å². The molecule has 4 nitrogen and oxygen atoms in total. The molecule has 0 radical (unpaired) electrons. The van der Waals surface area contributed by atoms with E-state index in [9.17, 15) is 0 Å². The Morgan fingerprint density at radius 3 is 2.41 bits per heavy atom. The first kappa shape index (κ1) is 11.5. The number of hydrogen-bond donors (Lipinski definition) is 0. The van der Waals surface area contributed by atoms with Crippen molar-refractivity contribution in [3.63, 3.8) is 0 Å². The summed E-state index contributed by atoms with van der Waals surface area (Å²) >= 11 is 0. The van der Waals surface area contributed by atoms with Gasteiger partial charge in [-0.25, -0.2) is 4.68 Å². The maximum absolute atomic E-state index is 5.77. The van der Waals surface area contributed by atoms with Crippen LogP contribution in [0.1, 0.15) is 12.6 Å². The Bertz CT molecular complexity index is 489. The van der Waals surface area contributed by atoms with Crippen LogP contribution in [-0.4, -0.2) is 16.9 Å². The van der Waals surface area contributed by atoms with Crippen molar-refractivity contribution in [3.05, 3.63) is 36.0 Å². The molecule has 0 saturated heterocycles. The summed E-state index contributed by atoms with van der Waals surface area (Å²) < 4.78 is 12.7. The Morgan fingerprint density at radius 2 is 1.82 bits per heavy atom. The molecule has 0 spiro atoms. The molecule has 0 unspecified atom stereocenters. The van der Waals surface area contributed by atoms with Crippen molar-refractivity contribution in [1.29, 1.82) is 0 Å². The molecule has 0 aliphatic rings. The Balaban J connectivity index is 2.18. The predicted octanol–water partition coefficient (Wildman–Crippen LogP) is 3.01. The normalized spacial score (nSPS) is 10.3. The molecule has 1 aromatic carbocycles. The minimum absolute atomic E-state index is 0.759. The fourth-order valence-electron chi connectivity index (χ4n) is 1.59. The molecule has 0 N–H and O–H groups in total. The van der Waals surface area contributed by atoms with Gasteiger partial charge in [0.25, 0.3) is 0 Å². The lowest BCUT2D eigenvalue weighted by molar-refractivity contribution is 0.405. The lowest BCUT2D eigenvalue weighted by Gasteiger charge is -2.07. The Hall–Kier alpha value is -1.97. The van der Waals surface area contributed by atoms with Gasteiger partial charge in [0, 0.05) is 12.6 Å². The van der Waals surface area contributed by atoms with Gasteiger partial charge < -0.3 is 9.47 Å². The van der Waals surface area contributed by atoms with E-state index in [4.69, 9.17) is 9.47 Å². The highest BCUT2D eigenvalue weighted by atomic mass is 16.5. The van der Waals surface area contributed by atoms with Gasteiger partial charge in [0.05, 0.1) is 12.8 Å². The van der Waals surface area contributed by atoms with E-state index < -0.39 is 0 Å². The maximum Gasteiger partial charge on any atom is 0.218 e. The molecular formula is C13H16N2O2. The molecule has 0 saturated carbocycles. The van der Waals surface area contributed by atoms with E-state index in [0.29, 0.717) is 0 Å². The average molecular weight is 232 g/mol. The fraction of sp³-hybridized carbons (Fsp3) is 0.308. The molecule has 1 aromatic heterocycles. The smallest absolute Gasteiger partial charge is 0.218 e. The van der Waals surface area contributed by atoms with Crippen LogP contribution in [0.15, 0.2) is 30.3 Å². The van der Waals surface area contributed by atoms with E-state index in [2.05, 4.69) is 5.10 Å². The van der Waals surface area contributed by atoms with Gasteiger partial charge in [0.1, 0.15) is 11.5 Å². The van der Waals surface area contributed by atoms with Crippen LogP contribution in [-0.2, 0) is 6.54 Å². The predicted molar refractivity (Wildman–Crippen MR) is 65.7 cm³/mol. The minimum atomic E-state index is 0.759. The first-order valence-electron chi connectivity index (χ1n) is 5.59. The number of nitrogens with zero attached hydrogens (tertiary/aromatic N) is 2. The summed E-state index contributed by atoms with van der Waals surface area (Å²) in [5.74, 6) is 2.35. The van der Waals surface area contributed by atoms with Crippen molar-refractivity contribution < 1.29 is 9.47 Å². The van der Waals surface area contributed by atoms with Gasteiger partial charge in [0.15, 0.2) is 0 Å². The van der Waals surface area contributed by atoms with E-state index in [1.165, 1.54) is 0 Å². The first-order chi connectivity index (χ1) is 8.22. The quantitative estimate of drug-likeness (QED) is 0.813. The van der Waals surface area contributed by atoms with E-state index in [0.717, 1.165) is 29.6 Å². The molecule has 0 amide bonds. The van der Waals surface area contributed by atoms with Crippen LogP contribution in [0.3, 0.4) is 0 Å². The third kappa shape index (κ3) is 2.58. The molecular weight excluding hydrogens is 216 g/mol. The highest BCUT2D eigenvalue weighted by Gasteiger charge is 2.06. The highest BCUT2D eigenvalue weighted by Crippen LogP contribution is 2.24. The molecule has 90 valence electrons. The van der Waals surface area contributed by atoms with Crippen LogP contribution in [0.4, 0.5) is 0 Å². The SMILES string of the molecule is CCn1nc(C)cc1Oc1ccc(OC)cc1. The van der Waals surface area contributed by atoms with Crippen LogP contribution < -0.4 is 9.47 Å². The van der Waals surface area contributed by atoms with Gasteiger partial charge in [0.2, 0.25) is 5.88 Å². The monoisotopic (exact) mass is 232 g/mol. The van der Waals surface area contributed by atoms with Crippen LogP contribution >= 0.6 is 0 Å². The Kier molecular flexibility index (Phi) is 3.32. The van der Waals surface area contributed by atoms with E-state index in [1.807, 2.05) is 48.9 Å². The summed E-state index contributed by atoms with van der Waals surface area (Å²) in [7, 11) is 1.64. The summed E-state index contributed by atoms with van der Waals surface area (Å²) in [6.45, 7) is 4.78. The zero-order valence-corrected chi connectivity index (χ0v) is 10.3. The molecule has 2 rings (SSSR count). The molecule has 1 heterocycles. The summed E-state index contributed by atoms with van der Waals surface area (Å²) in [5.41, 5.74) is 0.954. The molecule has 0 aliphatic carbocycles. The molecule has 2 aromatic rings. The molecule has 0 atom stereocenters. The van der Waals surface area contributed by atoms with Gasteiger partial charge in [-0.3, -0.25) is 0 Å². The average Bonchev–Trinajstić information content (AvgIpc) is 2.70. The Morgan fingerprint density at radius 1 is 1.18 bits per heavy atom. The lowest BCUT2D eigenvalue weighted by Crippen LogP contribution is -1.99. The second kappa shape index (κ2) is 4.91. The summed E-state index contributed by atoms with van der Waals surface area (Å²) in [6.07, 6.45) is 0. The Labute approximate surface area is 101 Å². The van der Waals surface area contributed by atoms with Gasteiger partial charge in [-0.1, -0.05) is 0 Å². The third-order valence-electron chi connectivity index (χ3n) is 2.45. The number of benzene rings is 1. The number of aromatic nitrogens is 2.